The molecule has 1 amide bonds. The van der Waals surface area contributed by atoms with Gasteiger partial charge in [-0.2, -0.15) is 4.39 Å². The first-order valence-corrected chi connectivity index (χ1v) is 10.5. The van der Waals surface area contributed by atoms with Gasteiger partial charge in [-0.1, -0.05) is 6.07 Å². The molecule has 1 aromatic carbocycles. The number of H-pyrrole nitrogens is 1. The van der Waals surface area contributed by atoms with E-state index in [0.29, 0.717) is 55.9 Å². The second kappa shape index (κ2) is 8.91. The molecular formula is C22H25FN6O3. The maximum Gasteiger partial charge on any atom is 0.328 e. The van der Waals surface area contributed by atoms with E-state index in [2.05, 4.69) is 20.2 Å². The fourth-order valence-electron chi connectivity index (χ4n) is 4.01. The lowest BCUT2D eigenvalue weighted by molar-refractivity contribution is 0.0957. The van der Waals surface area contributed by atoms with Gasteiger partial charge in [-0.15, -0.1) is 0 Å². The Balaban J connectivity index is 1.44. The Bertz CT molecular complexity index is 1280. The number of carbonyl (C=O) groups excluding carboxylic acids is 1. The van der Waals surface area contributed by atoms with E-state index in [1.807, 2.05) is 17.0 Å². The molecule has 2 N–H and O–H groups in total. The van der Waals surface area contributed by atoms with Crippen molar-refractivity contribution in [3.63, 3.8) is 0 Å². The van der Waals surface area contributed by atoms with Crippen molar-refractivity contribution in [2.24, 2.45) is 0 Å². The summed E-state index contributed by atoms with van der Waals surface area (Å²) in [4.78, 5) is 46.8. The Morgan fingerprint density at radius 2 is 1.91 bits per heavy atom. The number of piperazine rings is 1. The molecule has 10 heteroatoms. The maximum absolute atomic E-state index is 14.4. The lowest BCUT2D eigenvalue weighted by atomic mass is 10.1. The summed E-state index contributed by atoms with van der Waals surface area (Å²) in [6.07, 6.45) is 0. The predicted molar refractivity (Wildman–Crippen MR) is 120 cm³/mol. The number of fused-ring (bicyclic) bond motifs is 1. The molecule has 9 nitrogen and oxygen atoms in total. The van der Waals surface area contributed by atoms with Gasteiger partial charge in [0.25, 0.3) is 11.5 Å². The van der Waals surface area contributed by atoms with E-state index in [4.69, 9.17) is 0 Å². The normalized spacial score (nSPS) is 14.7. The van der Waals surface area contributed by atoms with Gasteiger partial charge in [0, 0.05) is 46.3 Å². The molecule has 168 valence electrons. The van der Waals surface area contributed by atoms with Gasteiger partial charge in [0.2, 0.25) is 5.95 Å². The summed E-state index contributed by atoms with van der Waals surface area (Å²) in [6, 6.07) is 8.60. The van der Waals surface area contributed by atoms with Crippen molar-refractivity contribution in [3.8, 4) is 0 Å². The van der Waals surface area contributed by atoms with Crippen molar-refractivity contribution < 1.29 is 9.18 Å². The van der Waals surface area contributed by atoms with Gasteiger partial charge in [0.15, 0.2) is 0 Å². The molecule has 0 radical (unpaired) electrons. The lowest BCUT2D eigenvalue weighted by Gasteiger charge is -2.36. The molecule has 3 aromatic rings. The minimum absolute atomic E-state index is 0.0485. The summed E-state index contributed by atoms with van der Waals surface area (Å²) in [5.74, 6) is -1.08. The van der Waals surface area contributed by atoms with Crippen molar-refractivity contribution in [2.75, 3.05) is 38.1 Å². The second-order valence-corrected chi connectivity index (χ2v) is 7.71. The first-order valence-electron chi connectivity index (χ1n) is 10.5. The monoisotopic (exact) mass is 440 g/mol. The van der Waals surface area contributed by atoms with Gasteiger partial charge in [-0.3, -0.25) is 19.1 Å². The minimum Gasteiger partial charge on any atom is -0.365 e. The van der Waals surface area contributed by atoms with E-state index in [1.165, 1.54) is 17.7 Å². The Morgan fingerprint density at radius 1 is 1.16 bits per heavy atom. The third-order valence-electron chi connectivity index (χ3n) is 5.77. The fraction of sp³-hybridized carbons (Fsp3) is 0.364. The molecule has 32 heavy (non-hydrogen) atoms. The van der Waals surface area contributed by atoms with Gasteiger partial charge in [-0.05, 0) is 36.8 Å². The molecule has 3 heterocycles. The highest BCUT2D eigenvalue weighted by Gasteiger charge is 2.21. The van der Waals surface area contributed by atoms with Crippen molar-refractivity contribution >= 4 is 22.5 Å². The van der Waals surface area contributed by atoms with Gasteiger partial charge < -0.3 is 15.2 Å². The quantitative estimate of drug-likeness (QED) is 0.572. The predicted octanol–water partition coefficient (Wildman–Crippen LogP) is 0.926. The average Bonchev–Trinajstić information content (AvgIpc) is 2.79. The second-order valence-electron chi connectivity index (χ2n) is 7.71. The smallest absolute Gasteiger partial charge is 0.328 e. The fourth-order valence-corrected chi connectivity index (χ4v) is 4.01. The molecule has 0 spiro atoms. The van der Waals surface area contributed by atoms with Crippen LogP contribution in [0.25, 0.3) is 10.9 Å². The van der Waals surface area contributed by atoms with Crippen LogP contribution in [0.3, 0.4) is 0 Å². The molecule has 1 fully saturated rings. The number of nitrogens with one attached hydrogen (secondary N) is 2. The van der Waals surface area contributed by atoms with E-state index in [1.54, 1.807) is 19.1 Å². The molecule has 0 bridgehead atoms. The number of hydrogen-bond donors (Lipinski definition) is 2. The number of anilines is 1. The van der Waals surface area contributed by atoms with E-state index in [0.717, 1.165) is 5.56 Å². The number of aromatic amines is 1. The van der Waals surface area contributed by atoms with E-state index in [-0.39, 0.29) is 11.3 Å². The highest BCUT2D eigenvalue weighted by Crippen LogP contribution is 2.21. The van der Waals surface area contributed by atoms with Crippen LogP contribution >= 0.6 is 0 Å². The number of carbonyl (C=O) groups is 1. The van der Waals surface area contributed by atoms with Gasteiger partial charge in [-0.25, -0.2) is 9.78 Å². The molecule has 4 rings (SSSR count). The summed E-state index contributed by atoms with van der Waals surface area (Å²) < 4.78 is 15.6. The van der Waals surface area contributed by atoms with Crippen LogP contribution in [0.5, 0.6) is 0 Å². The number of hydrogen-bond acceptors (Lipinski definition) is 6. The molecule has 1 saturated heterocycles. The summed E-state index contributed by atoms with van der Waals surface area (Å²) in [6.45, 7) is 5.38. The highest BCUT2D eigenvalue weighted by molar-refractivity contribution is 5.92. The van der Waals surface area contributed by atoms with E-state index >= 15 is 0 Å². The first kappa shape index (κ1) is 21.7. The van der Waals surface area contributed by atoms with Crippen molar-refractivity contribution in [1.82, 2.24) is 24.8 Å². The molecule has 1 aliphatic rings. The molecule has 0 atom stereocenters. The van der Waals surface area contributed by atoms with Crippen LogP contribution in [0.1, 0.15) is 23.0 Å². The number of rotatable bonds is 5. The molecule has 0 aliphatic carbocycles. The molecule has 0 unspecified atom stereocenters. The topological polar surface area (TPSA) is 103 Å². The minimum atomic E-state index is -0.657. The van der Waals surface area contributed by atoms with Crippen LogP contribution in [0.4, 0.5) is 10.1 Å². The Labute approximate surface area is 183 Å². The van der Waals surface area contributed by atoms with Crippen LogP contribution < -0.4 is 21.5 Å². The number of nitrogens with zero attached hydrogens (tertiary/aromatic N) is 4. The first-order chi connectivity index (χ1) is 15.4. The molecule has 0 saturated carbocycles. The number of benzene rings is 1. The van der Waals surface area contributed by atoms with Gasteiger partial charge in [0.1, 0.15) is 5.69 Å². The Hall–Kier alpha value is -3.53. The van der Waals surface area contributed by atoms with Crippen LogP contribution in [0, 0.1) is 5.95 Å². The summed E-state index contributed by atoms with van der Waals surface area (Å²) in [5.41, 5.74) is 1.25. The molecular weight excluding hydrogens is 415 g/mol. The maximum atomic E-state index is 14.4. The Kier molecular flexibility index (Phi) is 6.04. The van der Waals surface area contributed by atoms with E-state index in [9.17, 15) is 18.8 Å². The van der Waals surface area contributed by atoms with Gasteiger partial charge >= 0.3 is 5.69 Å². The van der Waals surface area contributed by atoms with Crippen LogP contribution in [0.2, 0.25) is 0 Å². The molecule has 2 aromatic heterocycles. The third kappa shape index (κ3) is 4.13. The number of aromatic nitrogens is 3. The van der Waals surface area contributed by atoms with Crippen molar-refractivity contribution in [3.05, 3.63) is 68.4 Å². The summed E-state index contributed by atoms with van der Waals surface area (Å²) in [7, 11) is 1.48. The Morgan fingerprint density at radius 3 is 2.56 bits per heavy atom. The largest absolute Gasteiger partial charge is 0.365 e. The average molecular weight is 440 g/mol. The van der Waals surface area contributed by atoms with Crippen LogP contribution in [-0.4, -0.2) is 58.6 Å². The number of halogens is 1. The van der Waals surface area contributed by atoms with Crippen LogP contribution in [-0.2, 0) is 13.1 Å². The van der Waals surface area contributed by atoms with Gasteiger partial charge in [0.05, 0.1) is 16.6 Å². The summed E-state index contributed by atoms with van der Waals surface area (Å²) in [5, 5.41) is 2.92. The standard InChI is InChI=1S/C22H25FN6O3/c1-3-29-21(31)15-5-4-14(12-17(15)26-22(29)32)13-27-8-10-28(11-9-27)18-7-6-16(20(30)24-2)25-19(18)23/h4-7,12H,3,8-11,13H2,1-2H3,(H,24,30)(H,26,32). The number of amides is 1. The van der Waals surface area contributed by atoms with Crippen molar-refractivity contribution in [1.29, 1.82) is 0 Å². The zero-order valence-corrected chi connectivity index (χ0v) is 18.0. The zero-order valence-electron chi connectivity index (χ0n) is 18.0. The zero-order chi connectivity index (χ0) is 22.8. The lowest BCUT2D eigenvalue weighted by Crippen LogP contribution is -2.46. The van der Waals surface area contributed by atoms with Crippen molar-refractivity contribution in [2.45, 2.75) is 20.0 Å². The SMILES string of the molecule is CCn1c(=O)[nH]c2cc(CN3CCN(c4ccc(C(=O)NC)nc4F)CC3)ccc2c1=O. The van der Waals surface area contributed by atoms with Crippen LogP contribution in [0.15, 0.2) is 39.9 Å². The van der Waals surface area contributed by atoms with E-state index < -0.39 is 17.5 Å². The summed E-state index contributed by atoms with van der Waals surface area (Å²) >= 11 is 0. The third-order valence-corrected chi connectivity index (χ3v) is 5.77. The number of pyridine rings is 1. The molecule has 1 aliphatic heterocycles. The highest BCUT2D eigenvalue weighted by atomic mass is 19.1.